The number of esters is 3. The average molecular weight is 1080 g/mol. The summed E-state index contributed by atoms with van der Waals surface area (Å²) in [5.74, 6) is -1.41. The van der Waals surface area contributed by atoms with E-state index in [0.717, 1.165) is 147 Å². The van der Waals surface area contributed by atoms with Crippen molar-refractivity contribution in [2.24, 2.45) is 5.92 Å². The van der Waals surface area contributed by atoms with Crippen LogP contribution in [0.3, 0.4) is 0 Å². The minimum absolute atomic E-state index is 0.0402. The molecule has 0 amide bonds. The van der Waals surface area contributed by atoms with Crippen molar-refractivity contribution >= 4 is 35.8 Å². The third kappa shape index (κ3) is 77.3. The molecule has 450 valence electrons. The van der Waals surface area contributed by atoms with E-state index in [1.807, 2.05) is 0 Å². The highest BCUT2D eigenvalue weighted by molar-refractivity contribution is 5.70. The minimum atomic E-state index is -0.696. The van der Waals surface area contributed by atoms with E-state index in [9.17, 15) is 28.8 Å². The van der Waals surface area contributed by atoms with Gasteiger partial charge in [-0.1, -0.05) is 252 Å². The molecule has 0 aromatic rings. The Bertz CT molecular complexity index is 1270. The quantitative estimate of drug-likeness (QED) is 0.0297. The fraction of sp³-hybridized carbons (Fsp3) is 0.906. The van der Waals surface area contributed by atoms with Crippen molar-refractivity contribution < 1.29 is 58.3 Å². The van der Waals surface area contributed by atoms with Crippen molar-refractivity contribution in [3.05, 3.63) is 0 Å². The van der Waals surface area contributed by atoms with E-state index >= 15 is 0 Å². The number of rotatable bonds is 57. The lowest BCUT2D eigenvalue weighted by atomic mass is 10.0. The molecule has 12 nitrogen and oxygen atoms in total. The van der Waals surface area contributed by atoms with Gasteiger partial charge in [0.2, 0.25) is 0 Å². The Morgan fingerprint density at radius 3 is 0.658 bits per heavy atom. The molecule has 0 fully saturated rings. The molecule has 0 unspecified atom stereocenters. The lowest BCUT2D eigenvalue weighted by Crippen LogP contribution is -2.05. The molecule has 0 aliphatic heterocycles. The highest BCUT2D eigenvalue weighted by Gasteiger charge is 2.06. The number of carbonyl (C=O) groups excluding carboxylic acids is 3. The normalized spacial score (nSPS) is 10.9. The fourth-order valence-electron chi connectivity index (χ4n) is 8.90. The lowest BCUT2D eigenvalue weighted by Gasteiger charge is -2.06. The molecule has 0 saturated heterocycles. The molecule has 0 heterocycles. The summed E-state index contributed by atoms with van der Waals surface area (Å²) in [4.78, 5) is 66.0. The summed E-state index contributed by atoms with van der Waals surface area (Å²) in [6, 6.07) is 0. The standard InChI is InChI=1S/2C22H42O4.C20H38O4/c1-20(2)16-12-8-7-11-15-19-26-22(25)18-14-10-6-4-3-5-9-13-17-21(23)24;1-2-3-4-5-6-11-14-17-20-26-22(25)19-16-13-10-8-7-9-12-15-18-21(23)24;1-2-3-4-5-12-15-18-24-20(23)17-14-11-9-7-6-8-10-13-16-19(21)22/h20H,3-19H2,1-2H3,(H,23,24);2-20H2,1H3,(H,23,24);2-18H2,1H3,(H,21,22). The Hall–Kier alpha value is -3.18. The van der Waals surface area contributed by atoms with Crippen LogP contribution in [0, 0.1) is 5.92 Å². The van der Waals surface area contributed by atoms with Gasteiger partial charge in [-0.2, -0.15) is 0 Å². The molecule has 3 N–H and O–H groups in total. The SMILES string of the molecule is CC(C)CCCCCCCOC(=O)CCCCCCCCCCC(=O)O.CCCCCCCCCCOC(=O)CCCCCCCCCCC(=O)O.CCCCCCCCOC(=O)CCCCCCCCCCC(=O)O. The zero-order chi connectivity index (χ0) is 56.6. The highest BCUT2D eigenvalue weighted by Crippen LogP contribution is 2.16. The van der Waals surface area contributed by atoms with Gasteiger partial charge in [-0.25, -0.2) is 0 Å². The van der Waals surface area contributed by atoms with Gasteiger partial charge < -0.3 is 29.5 Å². The number of hydrogen-bond acceptors (Lipinski definition) is 9. The molecule has 12 heteroatoms. The Balaban J connectivity index is -0.00000105. The van der Waals surface area contributed by atoms with Crippen molar-refractivity contribution in [3.63, 3.8) is 0 Å². The molecular formula is C64H122O12. The molecule has 0 aliphatic carbocycles. The number of hydrogen-bond donors (Lipinski definition) is 3. The van der Waals surface area contributed by atoms with Crippen molar-refractivity contribution in [1.82, 2.24) is 0 Å². The third-order valence-electron chi connectivity index (χ3n) is 13.8. The van der Waals surface area contributed by atoms with Crippen LogP contribution in [-0.2, 0) is 43.0 Å². The molecule has 0 spiro atoms. The van der Waals surface area contributed by atoms with E-state index in [-0.39, 0.29) is 17.9 Å². The number of aliphatic carboxylic acids is 3. The van der Waals surface area contributed by atoms with Crippen molar-refractivity contribution in [2.45, 2.75) is 349 Å². The van der Waals surface area contributed by atoms with E-state index in [1.165, 1.54) is 141 Å². The Morgan fingerprint density at radius 1 is 0.263 bits per heavy atom. The van der Waals surface area contributed by atoms with E-state index in [2.05, 4.69) is 27.7 Å². The number of ether oxygens (including phenoxy) is 3. The maximum Gasteiger partial charge on any atom is 0.305 e. The largest absolute Gasteiger partial charge is 0.481 e. The first-order valence-corrected chi connectivity index (χ1v) is 32.0. The molecule has 0 saturated carbocycles. The highest BCUT2D eigenvalue weighted by atomic mass is 16.5. The predicted octanol–water partition coefficient (Wildman–Crippen LogP) is 19.0. The summed E-state index contributed by atoms with van der Waals surface area (Å²) >= 11 is 0. The Morgan fingerprint density at radius 2 is 0.447 bits per heavy atom. The third-order valence-corrected chi connectivity index (χ3v) is 13.8. The van der Waals surface area contributed by atoms with Crippen LogP contribution in [0.15, 0.2) is 0 Å². The molecule has 76 heavy (non-hydrogen) atoms. The summed E-state index contributed by atoms with van der Waals surface area (Å²) in [7, 11) is 0. The smallest absolute Gasteiger partial charge is 0.305 e. The molecule has 0 rings (SSSR count). The second kappa shape index (κ2) is 66.1. The first-order chi connectivity index (χ1) is 36.8. The molecule has 0 radical (unpaired) electrons. The number of carboxylic acid groups (broad SMARTS) is 3. The number of carboxylic acids is 3. The van der Waals surface area contributed by atoms with Crippen molar-refractivity contribution in [2.75, 3.05) is 19.8 Å². The van der Waals surface area contributed by atoms with Crippen molar-refractivity contribution in [1.29, 1.82) is 0 Å². The van der Waals surface area contributed by atoms with Crippen LogP contribution in [0.4, 0.5) is 0 Å². The summed E-state index contributed by atoms with van der Waals surface area (Å²) in [5.41, 5.74) is 0. The van der Waals surface area contributed by atoms with Gasteiger partial charge in [0.15, 0.2) is 0 Å². The Kier molecular flexibility index (Phi) is 67.0. The van der Waals surface area contributed by atoms with Crippen LogP contribution in [0.25, 0.3) is 0 Å². The molecule has 0 aromatic heterocycles. The van der Waals surface area contributed by atoms with Gasteiger partial charge in [0.1, 0.15) is 0 Å². The topological polar surface area (TPSA) is 191 Å². The van der Waals surface area contributed by atoms with E-state index in [0.29, 0.717) is 58.3 Å². The molecule has 0 atom stereocenters. The van der Waals surface area contributed by atoms with E-state index < -0.39 is 17.9 Å². The van der Waals surface area contributed by atoms with Crippen LogP contribution in [-0.4, -0.2) is 71.0 Å². The fourth-order valence-corrected chi connectivity index (χ4v) is 8.90. The molecular weight excluding hydrogens is 961 g/mol. The predicted molar refractivity (Wildman–Crippen MR) is 313 cm³/mol. The summed E-state index contributed by atoms with van der Waals surface area (Å²) in [5, 5.41) is 25.6. The number of unbranched alkanes of at least 4 members (excludes halogenated alkanes) is 37. The van der Waals surface area contributed by atoms with Gasteiger partial charge in [-0.3, -0.25) is 28.8 Å². The van der Waals surface area contributed by atoms with Gasteiger partial charge in [-0.15, -0.1) is 0 Å². The van der Waals surface area contributed by atoms with Gasteiger partial charge in [0.05, 0.1) is 19.8 Å². The minimum Gasteiger partial charge on any atom is -0.481 e. The van der Waals surface area contributed by atoms with Gasteiger partial charge >= 0.3 is 35.8 Å². The lowest BCUT2D eigenvalue weighted by molar-refractivity contribution is -0.144. The summed E-state index contributed by atoms with van der Waals surface area (Å²) < 4.78 is 15.8. The summed E-state index contributed by atoms with van der Waals surface area (Å²) in [6.45, 7) is 10.7. The zero-order valence-electron chi connectivity index (χ0n) is 50.1. The first kappa shape index (κ1) is 77.1. The second-order valence-electron chi connectivity index (χ2n) is 22.0. The van der Waals surface area contributed by atoms with Crippen LogP contribution in [0.1, 0.15) is 349 Å². The first-order valence-electron chi connectivity index (χ1n) is 32.0. The number of carbonyl (C=O) groups is 6. The molecule has 0 aliphatic rings. The van der Waals surface area contributed by atoms with E-state index in [1.54, 1.807) is 0 Å². The van der Waals surface area contributed by atoms with Crippen LogP contribution in [0.2, 0.25) is 0 Å². The van der Waals surface area contributed by atoms with Gasteiger partial charge in [-0.05, 0) is 63.7 Å². The maximum atomic E-state index is 11.6. The molecule has 0 aromatic carbocycles. The van der Waals surface area contributed by atoms with Crippen molar-refractivity contribution in [3.8, 4) is 0 Å². The zero-order valence-corrected chi connectivity index (χ0v) is 50.1. The van der Waals surface area contributed by atoms with Crippen LogP contribution >= 0.6 is 0 Å². The average Bonchev–Trinajstić information content (AvgIpc) is 3.38. The summed E-state index contributed by atoms with van der Waals surface area (Å²) in [6.07, 6.45) is 52.6. The van der Waals surface area contributed by atoms with Gasteiger partial charge in [0.25, 0.3) is 0 Å². The second-order valence-corrected chi connectivity index (χ2v) is 22.0. The Labute approximate surface area is 466 Å². The molecule has 0 bridgehead atoms. The maximum absolute atomic E-state index is 11.6. The van der Waals surface area contributed by atoms with Crippen LogP contribution < -0.4 is 0 Å². The van der Waals surface area contributed by atoms with Crippen LogP contribution in [0.5, 0.6) is 0 Å². The van der Waals surface area contributed by atoms with E-state index in [4.69, 9.17) is 29.5 Å². The van der Waals surface area contributed by atoms with Gasteiger partial charge in [0, 0.05) is 38.5 Å². The monoisotopic (exact) mass is 1080 g/mol.